The number of hydrogen-bond donors (Lipinski definition) is 0. The highest BCUT2D eigenvalue weighted by Crippen LogP contribution is 2.24. The van der Waals surface area contributed by atoms with Gasteiger partial charge in [0.25, 0.3) is 0 Å². The maximum absolute atomic E-state index is 4.47. The molecule has 0 aromatic heterocycles. The molecule has 2 nitrogen and oxygen atoms in total. The van der Waals surface area contributed by atoms with Gasteiger partial charge in [0, 0.05) is 13.6 Å². The van der Waals surface area contributed by atoms with Gasteiger partial charge in [-0.3, -0.25) is 0 Å². The molecule has 0 atom stereocenters. The fourth-order valence-electron chi connectivity index (χ4n) is 1.38. The fourth-order valence-corrected chi connectivity index (χ4v) is 1.38. The van der Waals surface area contributed by atoms with E-state index in [9.17, 15) is 0 Å². The van der Waals surface area contributed by atoms with E-state index in [-0.39, 0.29) is 12.4 Å². The van der Waals surface area contributed by atoms with Crippen molar-refractivity contribution < 1.29 is 0 Å². The number of amidine groups is 1. The molecule has 1 aliphatic heterocycles. The monoisotopic (exact) mass is 196 g/mol. The van der Waals surface area contributed by atoms with Crippen LogP contribution in [0.1, 0.15) is 12.5 Å². The molecule has 0 amide bonds. The number of benzene rings is 1. The van der Waals surface area contributed by atoms with Crippen molar-refractivity contribution >= 4 is 23.9 Å². The molecule has 0 radical (unpaired) electrons. The smallest absolute Gasteiger partial charge is 0.102 e. The highest BCUT2D eigenvalue weighted by molar-refractivity contribution is 5.85. The zero-order valence-electron chi connectivity index (χ0n) is 7.82. The van der Waals surface area contributed by atoms with Crippen LogP contribution in [0.5, 0.6) is 0 Å². The molecule has 1 aliphatic rings. The van der Waals surface area contributed by atoms with Gasteiger partial charge in [0.1, 0.15) is 5.84 Å². The number of rotatable bonds is 0. The number of fused-ring (bicyclic) bond motifs is 1. The lowest BCUT2D eigenvalue weighted by molar-refractivity contribution is 0.490. The Morgan fingerprint density at radius 1 is 1.31 bits per heavy atom. The van der Waals surface area contributed by atoms with Gasteiger partial charge in [-0.2, -0.15) is 0 Å². The largest absolute Gasteiger partial charge is 0.359 e. The molecule has 0 fully saturated rings. The highest BCUT2D eigenvalue weighted by Gasteiger charge is 2.11. The quantitative estimate of drug-likeness (QED) is 0.623. The molecule has 0 bridgehead atoms. The van der Waals surface area contributed by atoms with Gasteiger partial charge in [-0.1, -0.05) is 18.2 Å². The average molecular weight is 197 g/mol. The molecule has 1 heterocycles. The second kappa shape index (κ2) is 3.79. The minimum Gasteiger partial charge on any atom is -0.359 e. The van der Waals surface area contributed by atoms with Gasteiger partial charge >= 0.3 is 0 Å². The molecule has 0 N–H and O–H groups in total. The summed E-state index contributed by atoms with van der Waals surface area (Å²) in [6.45, 7) is 3.02. The van der Waals surface area contributed by atoms with Crippen LogP contribution in [-0.4, -0.2) is 17.8 Å². The molecule has 1 aromatic rings. The van der Waals surface area contributed by atoms with Crippen molar-refractivity contribution in [2.45, 2.75) is 13.5 Å². The lowest BCUT2D eigenvalue weighted by Crippen LogP contribution is -2.26. The van der Waals surface area contributed by atoms with Crippen molar-refractivity contribution in [3.63, 3.8) is 0 Å². The summed E-state index contributed by atoms with van der Waals surface area (Å²) in [6.07, 6.45) is 0. The SMILES string of the molecule is CC1=Nc2ccccc2CN1C.Cl. The van der Waals surface area contributed by atoms with Crippen molar-refractivity contribution in [1.29, 1.82) is 0 Å². The maximum Gasteiger partial charge on any atom is 0.102 e. The van der Waals surface area contributed by atoms with Crippen LogP contribution in [0.15, 0.2) is 29.3 Å². The Hall–Kier alpha value is -1.02. The second-order valence-electron chi connectivity index (χ2n) is 3.14. The van der Waals surface area contributed by atoms with Gasteiger partial charge in [0.05, 0.1) is 5.69 Å². The first-order valence-corrected chi connectivity index (χ1v) is 4.12. The third-order valence-electron chi connectivity index (χ3n) is 2.23. The van der Waals surface area contributed by atoms with Gasteiger partial charge in [-0.15, -0.1) is 12.4 Å². The lowest BCUT2D eigenvalue weighted by Gasteiger charge is -2.24. The zero-order valence-corrected chi connectivity index (χ0v) is 8.64. The van der Waals surface area contributed by atoms with E-state index in [0.29, 0.717) is 0 Å². The Morgan fingerprint density at radius 2 is 2.00 bits per heavy atom. The predicted octanol–water partition coefficient (Wildman–Crippen LogP) is 2.60. The first kappa shape index (κ1) is 10.1. The Morgan fingerprint density at radius 3 is 2.77 bits per heavy atom. The van der Waals surface area contributed by atoms with E-state index < -0.39 is 0 Å². The lowest BCUT2D eigenvalue weighted by atomic mass is 10.1. The van der Waals surface area contributed by atoms with Crippen molar-refractivity contribution in [3.05, 3.63) is 29.8 Å². The standard InChI is InChI=1S/C10H12N2.ClH/c1-8-11-10-6-4-3-5-9(10)7-12(8)2;/h3-6H,7H2,1-2H3;1H. The first-order chi connectivity index (χ1) is 5.77. The molecule has 3 heteroatoms. The van der Waals surface area contributed by atoms with Crippen LogP contribution < -0.4 is 0 Å². The molecule has 0 aliphatic carbocycles. The molecule has 0 spiro atoms. The van der Waals surface area contributed by atoms with E-state index >= 15 is 0 Å². The van der Waals surface area contributed by atoms with E-state index in [4.69, 9.17) is 0 Å². The van der Waals surface area contributed by atoms with Gasteiger partial charge in [-0.05, 0) is 18.6 Å². The van der Waals surface area contributed by atoms with Crippen molar-refractivity contribution in [2.75, 3.05) is 7.05 Å². The summed E-state index contributed by atoms with van der Waals surface area (Å²) in [5, 5.41) is 0. The van der Waals surface area contributed by atoms with Crippen molar-refractivity contribution in [1.82, 2.24) is 4.90 Å². The Bertz CT molecular complexity index is 333. The summed E-state index contributed by atoms with van der Waals surface area (Å²) >= 11 is 0. The van der Waals surface area contributed by atoms with E-state index in [1.165, 1.54) is 5.56 Å². The summed E-state index contributed by atoms with van der Waals surface area (Å²) in [6, 6.07) is 8.28. The number of hydrogen-bond acceptors (Lipinski definition) is 2. The summed E-state index contributed by atoms with van der Waals surface area (Å²) < 4.78 is 0. The van der Waals surface area contributed by atoms with Gasteiger partial charge in [0.15, 0.2) is 0 Å². The van der Waals surface area contributed by atoms with Gasteiger partial charge < -0.3 is 4.90 Å². The van der Waals surface area contributed by atoms with E-state index in [2.05, 4.69) is 35.1 Å². The molecule has 70 valence electrons. The van der Waals surface area contributed by atoms with Crippen LogP contribution in [0, 0.1) is 0 Å². The van der Waals surface area contributed by atoms with E-state index in [1.807, 2.05) is 13.0 Å². The molecular formula is C10H13ClN2. The normalized spacial score (nSPS) is 14.3. The van der Waals surface area contributed by atoms with Crippen LogP contribution in [0.3, 0.4) is 0 Å². The first-order valence-electron chi connectivity index (χ1n) is 4.12. The van der Waals surface area contributed by atoms with E-state index in [1.54, 1.807) is 0 Å². The Kier molecular flexibility index (Phi) is 2.94. The minimum atomic E-state index is 0. The average Bonchev–Trinajstić information content (AvgIpc) is 2.07. The van der Waals surface area contributed by atoms with Crippen LogP contribution >= 0.6 is 12.4 Å². The molecule has 1 aromatic carbocycles. The maximum atomic E-state index is 4.47. The third-order valence-corrected chi connectivity index (χ3v) is 2.23. The molecule has 2 rings (SSSR count). The molecule has 0 unspecified atom stereocenters. The summed E-state index contributed by atoms with van der Waals surface area (Å²) in [5.74, 6) is 1.09. The van der Waals surface area contributed by atoms with Crippen LogP contribution in [0.25, 0.3) is 0 Å². The van der Waals surface area contributed by atoms with Crippen LogP contribution in [0.2, 0.25) is 0 Å². The predicted molar refractivity (Wildman–Crippen MR) is 57.9 cm³/mol. The fraction of sp³-hybridized carbons (Fsp3) is 0.300. The van der Waals surface area contributed by atoms with Gasteiger partial charge in [0.2, 0.25) is 0 Å². The Balaban J connectivity index is 0.000000845. The third kappa shape index (κ3) is 1.83. The molecular weight excluding hydrogens is 184 g/mol. The summed E-state index contributed by atoms with van der Waals surface area (Å²) in [4.78, 5) is 6.62. The van der Waals surface area contributed by atoms with Gasteiger partial charge in [-0.25, -0.2) is 4.99 Å². The number of aliphatic imine (C=N–C) groups is 1. The number of nitrogens with zero attached hydrogens (tertiary/aromatic N) is 2. The summed E-state index contributed by atoms with van der Waals surface area (Å²) in [5.41, 5.74) is 2.43. The van der Waals surface area contributed by atoms with Crippen LogP contribution in [0.4, 0.5) is 5.69 Å². The topological polar surface area (TPSA) is 15.6 Å². The highest BCUT2D eigenvalue weighted by atomic mass is 35.5. The minimum absolute atomic E-state index is 0. The van der Waals surface area contributed by atoms with Crippen LogP contribution in [-0.2, 0) is 6.54 Å². The molecule has 0 saturated carbocycles. The molecule has 13 heavy (non-hydrogen) atoms. The summed E-state index contributed by atoms with van der Waals surface area (Å²) in [7, 11) is 2.06. The van der Waals surface area contributed by atoms with Crippen molar-refractivity contribution in [2.24, 2.45) is 4.99 Å². The number of halogens is 1. The van der Waals surface area contributed by atoms with E-state index in [0.717, 1.165) is 18.1 Å². The second-order valence-corrected chi connectivity index (χ2v) is 3.14. The number of para-hydroxylation sites is 1. The Labute approximate surface area is 84.7 Å². The van der Waals surface area contributed by atoms with Crippen molar-refractivity contribution in [3.8, 4) is 0 Å². The molecule has 0 saturated heterocycles. The zero-order chi connectivity index (χ0) is 8.55.